The molecular formula is C12H12ClN5O. The van der Waals surface area contributed by atoms with Crippen LogP contribution < -0.4 is 0 Å². The van der Waals surface area contributed by atoms with E-state index in [0.29, 0.717) is 30.6 Å². The number of aryl methyl sites for hydroxylation is 3. The Morgan fingerprint density at radius 3 is 3.00 bits per heavy atom. The zero-order valence-electron chi connectivity index (χ0n) is 10.4. The molecule has 0 spiro atoms. The van der Waals surface area contributed by atoms with Gasteiger partial charge in [0.15, 0.2) is 5.82 Å². The maximum Gasteiger partial charge on any atom is 0.223 e. The van der Waals surface area contributed by atoms with E-state index in [1.54, 1.807) is 19.3 Å². The number of nitrogens with zero attached hydrogens (tertiary/aromatic N) is 5. The molecule has 98 valence electrons. The fourth-order valence-corrected chi connectivity index (χ4v) is 2.24. The molecule has 0 aliphatic heterocycles. The number of fused-ring (bicyclic) bond motifs is 1. The van der Waals surface area contributed by atoms with Crippen LogP contribution in [-0.4, -0.2) is 24.7 Å². The third-order valence-corrected chi connectivity index (χ3v) is 3.12. The molecular weight excluding hydrogens is 266 g/mol. The Morgan fingerprint density at radius 1 is 1.37 bits per heavy atom. The van der Waals surface area contributed by atoms with Crippen molar-refractivity contribution in [2.45, 2.75) is 25.8 Å². The number of rotatable bonds is 4. The molecule has 0 atom stereocenters. The Labute approximate surface area is 114 Å². The monoisotopic (exact) mass is 277 g/mol. The van der Waals surface area contributed by atoms with E-state index in [0.717, 1.165) is 16.9 Å². The lowest BCUT2D eigenvalue weighted by atomic mass is 10.3. The van der Waals surface area contributed by atoms with Crippen molar-refractivity contribution in [1.82, 2.24) is 24.7 Å². The van der Waals surface area contributed by atoms with E-state index in [-0.39, 0.29) is 0 Å². The van der Waals surface area contributed by atoms with Gasteiger partial charge in [-0.1, -0.05) is 5.16 Å². The minimum absolute atomic E-state index is 0.361. The van der Waals surface area contributed by atoms with Gasteiger partial charge in [0.2, 0.25) is 5.89 Å². The Bertz CT molecular complexity index is 705. The molecule has 3 aromatic heterocycles. The van der Waals surface area contributed by atoms with E-state index in [1.807, 2.05) is 6.07 Å². The molecule has 0 bridgehead atoms. The Kier molecular flexibility index (Phi) is 3.16. The van der Waals surface area contributed by atoms with E-state index in [4.69, 9.17) is 16.1 Å². The van der Waals surface area contributed by atoms with Crippen molar-refractivity contribution in [1.29, 1.82) is 0 Å². The SMILES string of the molecule is Cc1nc(CCn2c(CCl)nc3cnccc32)no1. The Morgan fingerprint density at radius 2 is 2.26 bits per heavy atom. The molecule has 0 aliphatic rings. The summed E-state index contributed by atoms with van der Waals surface area (Å²) in [7, 11) is 0. The standard InChI is InChI=1S/C12H12ClN5O/c1-8-15-11(17-19-8)3-5-18-10-2-4-14-7-9(10)16-12(18)6-13/h2,4,7H,3,5-6H2,1H3. The minimum Gasteiger partial charge on any atom is -0.340 e. The predicted molar refractivity (Wildman–Crippen MR) is 69.8 cm³/mol. The zero-order chi connectivity index (χ0) is 13.2. The number of imidazole rings is 1. The molecule has 0 amide bonds. The lowest BCUT2D eigenvalue weighted by Gasteiger charge is -2.05. The lowest BCUT2D eigenvalue weighted by molar-refractivity contribution is 0.386. The molecule has 0 N–H and O–H groups in total. The first-order chi connectivity index (χ1) is 9.28. The average molecular weight is 278 g/mol. The molecule has 19 heavy (non-hydrogen) atoms. The molecule has 0 saturated heterocycles. The first-order valence-electron chi connectivity index (χ1n) is 5.92. The Hall–Kier alpha value is -1.95. The maximum atomic E-state index is 5.94. The predicted octanol–water partition coefficient (Wildman–Crippen LogP) is 2.10. The van der Waals surface area contributed by atoms with Gasteiger partial charge in [-0.3, -0.25) is 4.98 Å². The van der Waals surface area contributed by atoms with Crippen LogP contribution in [0, 0.1) is 6.92 Å². The number of pyridine rings is 1. The van der Waals surface area contributed by atoms with Crippen molar-refractivity contribution in [3.05, 3.63) is 36.0 Å². The van der Waals surface area contributed by atoms with Crippen molar-refractivity contribution in [2.75, 3.05) is 0 Å². The highest BCUT2D eigenvalue weighted by molar-refractivity contribution is 6.16. The first kappa shape index (κ1) is 12.1. The van der Waals surface area contributed by atoms with Crippen LogP contribution >= 0.6 is 11.6 Å². The fourth-order valence-electron chi connectivity index (χ4n) is 2.04. The second kappa shape index (κ2) is 4.97. The number of aromatic nitrogens is 5. The summed E-state index contributed by atoms with van der Waals surface area (Å²) in [6, 6.07) is 1.93. The van der Waals surface area contributed by atoms with Crippen LogP contribution in [0.3, 0.4) is 0 Å². The lowest BCUT2D eigenvalue weighted by Crippen LogP contribution is -2.06. The Balaban J connectivity index is 1.90. The molecule has 3 aromatic rings. The van der Waals surface area contributed by atoms with E-state index in [2.05, 4.69) is 24.7 Å². The van der Waals surface area contributed by atoms with Gasteiger partial charge < -0.3 is 9.09 Å². The quantitative estimate of drug-likeness (QED) is 0.683. The molecule has 3 rings (SSSR count). The smallest absolute Gasteiger partial charge is 0.223 e. The van der Waals surface area contributed by atoms with Crippen molar-refractivity contribution < 1.29 is 4.52 Å². The summed E-state index contributed by atoms with van der Waals surface area (Å²) >= 11 is 5.94. The van der Waals surface area contributed by atoms with Crippen molar-refractivity contribution in [2.24, 2.45) is 0 Å². The summed E-state index contributed by atoms with van der Waals surface area (Å²) in [4.78, 5) is 12.7. The van der Waals surface area contributed by atoms with Crippen LogP contribution in [0.15, 0.2) is 23.0 Å². The maximum absolute atomic E-state index is 5.94. The van der Waals surface area contributed by atoms with E-state index in [9.17, 15) is 0 Å². The number of hydrogen-bond donors (Lipinski definition) is 0. The van der Waals surface area contributed by atoms with Crippen LogP contribution in [0.25, 0.3) is 11.0 Å². The number of hydrogen-bond acceptors (Lipinski definition) is 5. The van der Waals surface area contributed by atoms with Gasteiger partial charge in [0.1, 0.15) is 11.3 Å². The van der Waals surface area contributed by atoms with Crippen molar-refractivity contribution >= 4 is 22.6 Å². The highest BCUT2D eigenvalue weighted by Gasteiger charge is 2.11. The van der Waals surface area contributed by atoms with Gasteiger partial charge in [-0.2, -0.15) is 4.98 Å². The van der Waals surface area contributed by atoms with Gasteiger partial charge in [0.25, 0.3) is 0 Å². The molecule has 0 radical (unpaired) electrons. The molecule has 3 heterocycles. The summed E-state index contributed by atoms with van der Waals surface area (Å²) in [5.41, 5.74) is 1.87. The van der Waals surface area contributed by atoms with Crippen LogP contribution in [0.5, 0.6) is 0 Å². The molecule has 0 saturated carbocycles. The van der Waals surface area contributed by atoms with Gasteiger partial charge in [0, 0.05) is 26.1 Å². The van der Waals surface area contributed by atoms with E-state index in [1.165, 1.54) is 0 Å². The van der Waals surface area contributed by atoms with E-state index >= 15 is 0 Å². The number of halogens is 1. The molecule has 0 unspecified atom stereocenters. The second-order valence-corrected chi connectivity index (χ2v) is 4.42. The third-order valence-electron chi connectivity index (χ3n) is 2.88. The first-order valence-corrected chi connectivity index (χ1v) is 6.45. The normalized spacial score (nSPS) is 11.3. The van der Waals surface area contributed by atoms with Gasteiger partial charge in [-0.05, 0) is 6.07 Å². The molecule has 0 fully saturated rings. The molecule has 0 aliphatic carbocycles. The highest BCUT2D eigenvalue weighted by atomic mass is 35.5. The summed E-state index contributed by atoms with van der Waals surface area (Å²) < 4.78 is 7.02. The third kappa shape index (κ3) is 2.31. The second-order valence-electron chi connectivity index (χ2n) is 4.16. The summed E-state index contributed by atoms with van der Waals surface area (Å²) in [6.07, 6.45) is 4.16. The largest absolute Gasteiger partial charge is 0.340 e. The summed E-state index contributed by atoms with van der Waals surface area (Å²) in [5.74, 6) is 2.45. The average Bonchev–Trinajstić information content (AvgIpc) is 2.99. The fraction of sp³-hybridized carbons (Fsp3) is 0.333. The van der Waals surface area contributed by atoms with E-state index < -0.39 is 0 Å². The summed E-state index contributed by atoms with van der Waals surface area (Å²) in [5, 5.41) is 3.89. The zero-order valence-corrected chi connectivity index (χ0v) is 11.1. The van der Waals surface area contributed by atoms with Gasteiger partial charge in [-0.25, -0.2) is 4.98 Å². The van der Waals surface area contributed by atoms with Crippen LogP contribution in [0.4, 0.5) is 0 Å². The topological polar surface area (TPSA) is 69.6 Å². The van der Waals surface area contributed by atoms with Gasteiger partial charge in [-0.15, -0.1) is 11.6 Å². The summed E-state index contributed by atoms with van der Waals surface area (Å²) in [6.45, 7) is 2.49. The van der Waals surface area contributed by atoms with Crippen molar-refractivity contribution in [3.63, 3.8) is 0 Å². The minimum atomic E-state index is 0.361. The van der Waals surface area contributed by atoms with Gasteiger partial charge in [0.05, 0.1) is 17.6 Å². The highest BCUT2D eigenvalue weighted by Crippen LogP contribution is 2.17. The van der Waals surface area contributed by atoms with Crippen molar-refractivity contribution in [3.8, 4) is 0 Å². The molecule has 6 nitrogen and oxygen atoms in total. The molecule has 7 heteroatoms. The van der Waals surface area contributed by atoms with Crippen LogP contribution in [0.2, 0.25) is 0 Å². The number of alkyl halides is 1. The molecule has 0 aromatic carbocycles. The van der Waals surface area contributed by atoms with Crippen LogP contribution in [-0.2, 0) is 18.8 Å². The van der Waals surface area contributed by atoms with Crippen LogP contribution in [0.1, 0.15) is 17.5 Å². The van der Waals surface area contributed by atoms with Gasteiger partial charge >= 0.3 is 0 Å².